The third-order valence-corrected chi connectivity index (χ3v) is 1.30. The van der Waals surface area contributed by atoms with E-state index < -0.39 is 5.82 Å². The summed E-state index contributed by atoms with van der Waals surface area (Å²) in [6.45, 7) is 1.78. The molecule has 1 aromatic rings. The Kier molecular flexibility index (Phi) is 2.21. The van der Waals surface area contributed by atoms with Gasteiger partial charge < -0.3 is 5.21 Å². The van der Waals surface area contributed by atoms with Gasteiger partial charge in [-0.1, -0.05) is 11.2 Å². The zero-order chi connectivity index (χ0) is 8.27. The minimum atomic E-state index is -0.428. The molecule has 0 amide bonds. The molecule has 0 aliphatic rings. The first kappa shape index (κ1) is 7.72. The van der Waals surface area contributed by atoms with Crippen molar-refractivity contribution < 1.29 is 9.60 Å². The fraction of sp³-hybridized carbons (Fsp3) is 0.125. The lowest BCUT2D eigenvalue weighted by molar-refractivity contribution is 0.321. The summed E-state index contributed by atoms with van der Waals surface area (Å²) in [5.74, 6) is -0.428. The van der Waals surface area contributed by atoms with Gasteiger partial charge in [0.05, 0.1) is 0 Å². The van der Waals surface area contributed by atoms with Gasteiger partial charge in [0.2, 0.25) is 0 Å². The maximum absolute atomic E-state index is 12.8. The maximum atomic E-state index is 12.8. The number of halogens is 1. The fourth-order valence-corrected chi connectivity index (χ4v) is 0.765. The summed E-state index contributed by atoms with van der Waals surface area (Å²) in [5, 5.41) is 10.7. The predicted octanol–water partition coefficient (Wildman–Crippen LogP) is 1.82. The van der Waals surface area contributed by atoms with Gasteiger partial charge in [0.25, 0.3) is 0 Å². The molecule has 3 heteroatoms. The van der Waals surface area contributed by atoms with Gasteiger partial charge in [-0.2, -0.15) is 0 Å². The first-order valence-corrected chi connectivity index (χ1v) is 3.10. The van der Waals surface area contributed by atoms with Crippen LogP contribution in [0, 0.1) is 12.7 Å². The van der Waals surface area contributed by atoms with E-state index in [1.165, 1.54) is 12.1 Å². The quantitative estimate of drug-likeness (QED) is 0.371. The van der Waals surface area contributed by atoms with Gasteiger partial charge in [0.15, 0.2) is 0 Å². The Morgan fingerprint density at radius 3 is 2.82 bits per heavy atom. The molecule has 0 spiro atoms. The van der Waals surface area contributed by atoms with Crippen molar-refractivity contribution in [2.75, 3.05) is 0 Å². The fourth-order valence-electron chi connectivity index (χ4n) is 0.765. The van der Waals surface area contributed by atoms with Crippen molar-refractivity contribution in [3.8, 4) is 0 Å². The molecule has 1 rings (SSSR count). The van der Waals surface area contributed by atoms with Crippen LogP contribution in [0.1, 0.15) is 11.1 Å². The Labute approximate surface area is 64.0 Å². The lowest BCUT2D eigenvalue weighted by Crippen LogP contribution is -1.88. The molecule has 0 aliphatic carbocycles. The summed E-state index contributed by atoms with van der Waals surface area (Å²) in [4.78, 5) is 0. The monoisotopic (exact) mass is 152 g/mol. The van der Waals surface area contributed by atoms with Crippen molar-refractivity contribution in [2.24, 2.45) is 5.16 Å². The van der Waals surface area contributed by atoms with Crippen molar-refractivity contribution >= 4 is 6.21 Å². The summed E-state index contributed by atoms with van der Waals surface area (Å²) >= 11 is 0. The molecule has 0 aromatic heterocycles. The molecule has 0 atom stereocenters. The maximum Gasteiger partial charge on any atom is 0.142 e. The first-order chi connectivity index (χ1) is 5.24. The van der Waals surface area contributed by atoms with Crippen LogP contribution in [0.4, 0.5) is 4.39 Å². The average molecular weight is 152 g/mol. The summed E-state index contributed by atoms with van der Waals surface area (Å²) in [5.41, 5.74) is 0.990. The minimum absolute atomic E-state index is 0.165. The second-order valence-corrected chi connectivity index (χ2v) is 2.20. The largest absolute Gasteiger partial charge is 0.410 e. The van der Waals surface area contributed by atoms with Gasteiger partial charge in [0.1, 0.15) is 12.0 Å². The molecule has 11 heavy (non-hydrogen) atoms. The Bertz CT molecular complexity index is 283. The number of hydrogen-bond acceptors (Lipinski definition) is 2. The summed E-state index contributed by atoms with van der Waals surface area (Å²) in [7, 11) is 0. The molecular weight excluding hydrogens is 145 g/mol. The van der Waals surface area contributed by atoms with Gasteiger partial charge in [-0.05, 0) is 24.6 Å². The van der Waals surface area contributed by atoms with Crippen LogP contribution in [-0.4, -0.2) is 11.4 Å². The molecule has 1 radical (unpaired) electrons. The number of hydrogen-bond donors (Lipinski definition) is 1. The molecule has 0 saturated carbocycles. The Hall–Kier alpha value is -1.38. The van der Waals surface area contributed by atoms with E-state index in [-0.39, 0.29) is 5.56 Å². The highest BCUT2D eigenvalue weighted by atomic mass is 19.1. The predicted molar refractivity (Wildman–Crippen MR) is 39.5 cm³/mol. The van der Waals surface area contributed by atoms with Crippen molar-refractivity contribution in [1.82, 2.24) is 0 Å². The Balaban J connectivity index is 3.09. The van der Waals surface area contributed by atoms with Crippen molar-refractivity contribution in [3.63, 3.8) is 0 Å². The van der Waals surface area contributed by atoms with Crippen LogP contribution in [-0.2, 0) is 0 Å². The molecule has 57 valence electrons. The van der Waals surface area contributed by atoms with E-state index in [0.717, 1.165) is 5.56 Å². The molecule has 0 saturated heterocycles. The Morgan fingerprint density at radius 1 is 1.55 bits per heavy atom. The van der Waals surface area contributed by atoms with Crippen LogP contribution in [0.3, 0.4) is 0 Å². The summed E-state index contributed by atoms with van der Waals surface area (Å²) < 4.78 is 12.8. The zero-order valence-corrected chi connectivity index (χ0v) is 6.00. The highest BCUT2D eigenvalue weighted by Gasteiger charge is 1.98. The lowest BCUT2D eigenvalue weighted by atomic mass is 10.1. The minimum Gasteiger partial charge on any atom is -0.410 e. The van der Waals surface area contributed by atoms with Crippen LogP contribution in [0.5, 0.6) is 0 Å². The van der Waals surface area contributed by atoms with E-state index in [9.17, 15) is 4.39 Å². The molecule has 1 N–H and O–H groups in total. The summed E-state index contributed by atoms with van der Waals surface area (Å²) in [6, 6.07) is 4.58. The highest BCUT2D eigenvalue weighted by Crippen LogP contribution is 2.06. The van der Waals surface area contributed by atoms with E-state index >= 15 is 0 Å². The van der Waals surface area contributed by atoms with Crippen LogP contribution in [0.25, 0.3) is 0 Å². The third kappa shape index (κ3) is 1.77. The van der Waals surface area contributed by atoms with E-state index in [0.29, 0.717) is 0 Å². The van der Waals surface area contributed by atoms with Crippen LogP contribution in [0.2, 0.25) is 0 Å². The van der Waals surface area contributed by atoms with Gasteiger partial charge >= 0.3 is 0 Å². The molecule has 1 aromatic carbocycles. The molecule has 0 heterocycles. The second kappa shape index (κ2) is 3.14. The van der Waals surface area contributed by atoms with Crippen molar-refractivity contribution in [2.45, 2.75) is 6.92 Å². The van der Waals surface area contributed by atoms with Crippen LogP contribution in [0.15, 0.2) is 23.4 Å². The third-order valence-electron chi connectivity index (χ3n) is 1.30. The topological polar surface area (TPSA) is 32.6 Å². The first-order valence-electron chi connectivity index (χ1n) is 3.10. The highest BCUT2D eigenvalue weighted by molar-refractivity contribution is 5.79. The standard InChI is InChI=1S/C8H7FNO/c1-6-2-3-7(5-10-11)8(9)4-6/h2-4,11H,1H3. The molecule has 0 unspecified atom stereocenters. The number of nitrogens with zero attached hydrogens (tertiary/aromatic N) is 1. The summed E-state index contributed by atoms with van der Waals surface area (Å²) in [6.07, 6.45) is 2.11. The number of aryl methyl sites for hydroxylation is 1. The lowest BCUT2D eigenvalue weighted by Gasteiger charge is -1.94. The second-order valence-electron chi connectivity index (χ2n) is 2.20. The van der Waals surface area contributed by atoms with Crippen molar-refractivity contribution in [3.05, 3.63) is 35.1 Å². The Morgan fingerprint density at radius 2 is 2.27 bits per heavy atom. The number of rotatable bonds is 1. The molecule has 0 aliphatic heterocycles. The van der Waals surface area contributed by atoms with Crippen LogP contribution < -0.4 is 0 Å². The average Bonchev–Trinajstić information content (AvgIpc) is 1.95. The number of benzene rings is 1. The van der Waals surface area contributed by atoms with Gasteiger partial charge in [0, 0.05) is 5.56 Å². The van der Waals surface area contributed by atoms with E-state index in [2.05, 4.69) is 11.4 Å². The SMILES string of the molecule is Cc1ccc(/[C]=N\O)c(F)c1. The molecular formula is C8H7FNO. The van der Waals surface area contributed by atoms with Crippen molar-refractivity contribution in [1.29, 1.82) is 0 Å². The van der Waals surface area contributed by atoms with Gasteiger partial charge in [-0.15, -0.1) is 0 Å². The molecule has 2 nitrogen and oxygen atoms in total. The van der Waals surface area contributed by atoms with Gasteiger partial charge in [-0.3, -0.25) is 0 Å². The van der Waals surface area contributed by atoms with Crippen LogP contribution >= 0.6 is 0 Å². The van der Waals surface area contributed by atoms with E-state index in [1.54, 1.807) is 13.0 Å². The molecule has 0 bridgehead atoms. The van der Waals surface area contributed by atoms with E-state index in [1.807, 2.05) is 0 Å². The normalized spacial score (nSPS) is 10.7. The van der Waals surface area contributed by atoms with E-state index in [4.69, 9.17) is 5.21 Å². The molecule has 0 fully saturated rings. The van der Waals surface area contributed by atoms with Gasteiger partial charge in [-0.25, -0.2) is 4.39 Å². The smallest absolute Gasteiger partial charge is 0.142 e. The zero-order valence-electron chi connectivity index (χ0n) is 6.00.